The van der Waals surface area contributed by atoms with Crippen molar-refractivity contribution in [2.45, 2.75) is 45.7 Å². The van der Waals surface area contributed by atoms with Gasteiger partial charge in [0, 0.05) is 12.6 Å². The third-order valence-electron chi connectivity index (χ3n) is 3.93. The molecule has 1 N–H and O–H groups in total. The van der Waals surface area contributed by atoms with Crippen LogP contribution in [0.25, 0.3) is 0 Å². The maximum atomic E-state index is 3.74. The number of hydrogen-bond donors (Lipinski definition) is 1. The summed E-state index contributed by atoms with van der Waals surface area (Å²) in [4.78, 5) is 0. The Bertz CT molecular complexity index is 296. The summed E-state index contributed by atoms with van der Waals surface area (Å²) in [6.07, 6.45) is 4.18. The van der Waals surface area contributed by atoms with Crippen molar-refractivity contribution < 1.29 is 0 Å². The largest absolute Gasteiger partial charge is 0.309 e. The Morgan fingerprint density at radius 3 is 2.31 bits per heavy atom. The van der Waals surface area contributed by atoms with E-state index in [9.17, 15) is 0 Å². The number of nitrogens with one attached hydrogen (secondary N) is 1. The van der Waals surface area contributed by atoms with Gasteiger partial charge in [0.15, 0.2) is 0 Å². The lowest BCUT2D eigenvalue weighted by molar-refractivity contribution is 0.207. The van der Waals surface area contributed by atoms with Crippen molar-refractivity contribution in [2.75, 3.05) is 0 Å². The fourth-order valence-corrected chi connectivity index (χ4v) is 2.92. The minimum Gasteiger partial charge on any atom is -0.309 e. The highest BCUT2D eigenvalue weighted by molar-refractivity contribution is 5.14. The van der Waals surface area contributed by atoms with E-state index >= 15 is 0 Å². The second-order valence-corrected chi connectivity index (χ2v) is 5.28. The molecule has 1 aliphatic rings. The van der Waals surface area contributed by atoms with Gasteiger partial charge in [-0.25, -0.2) is 0 Å². The van der Waals surface area contributed by atoms with Crippen molar-refractivity contribution >= 4 is 0 Å². The fourth-order valence-electron chi connectivity index (χ4n) is 2.92. The van der Waals surface area contributed by atoms with Crippen LogP contribution in [0.15, 0.2) is 30.3 Å². The zero-order chi connectivity index (χ0) is 11.4. The number of rotatable bonds is 3. The van der Waals surface area contributed by atoms with E-state index < -0.39 is 0 Å². The smallest absolute Gasteiger partial charge is 0.0208 e. The van der Waals surface area contributed by atoms with Crippen molar-refractivity contribution in [3.05, 3.63) is 35.9 Å². The minimum atomic E-state index is 0.703. The first-order valence-corrected chi connectivity index (χ1v) is 6.54. The summed E-state index contributed by atoms with van der Waals surface area (Å²) >= 11 is 0. The third-order valence-corrected chi connectivity index (χ3v) is 3.93. The van der Waals surface area contributed by atoms with Gasteiger partial charge in [0.1, 0.15) is 0 Å². The predicted octanol–water partition coefficient (Wildman–Crippen LogP) is 3.60. The molecule has 1 saturated carbocycles. The van der Waals surface area contributed by atoms with Crippen molar-refractivity contribution in [2.24, 2.45) is 11.8 Å². The standard InChI is InChI=1S/C15H23N/c1-12-7-6-8-13(2)15(12)16-11-14-9-4-3-5-10-14/h3-5,9-10,12-13,15-16H,6-8,11H2,1-2H3. The van der Waals surface area contributed by atoms with Gasteiger partial charge >= 0.3 is 0 Å². The molecule has 2 atom stereocenters. The molecule has 0 aromatic heterocycles. The molecule has 0 bridgehead atoms. The Balaban J connectivity index is 1.89. The van der Waals surface area contributed by atoms with Crippen molar-refractivity contribution in [1.29, 1.82) is 0 Å². The molecule has 1 aromatic rings. The normalized spacial score (nSPS) is 30.2. The van der Waals surface area contributed by atoms with Crippen molar-refractivity contribution in [3.63, 3.8) is 0 Å². The summed E-state index contributed by atoms with van der Waals surface area (Å²) < 4.78 is 0. The molecule has 1 fully saturated rings. The van der Waals surface area contributed by atoms with Crippen LogP contribution in [0.5, 0.6) is 0 Å². The molecule has 0 spiro atoms. The van der Waals surface area contributed by atoms with Crippen LogP contribution in [0, 0.1) is 11.8 Å². The van der Waals surface area contributed by atoms with E-state index in [1.54, 1.807) is 0 Å². The van der Waals surface area contributed by atoms with Gasteiger partial charge in [0.05, 0.1) is 0 Å². The van der Waals surface area contributed by atoms with E-state index in [2.05, 4.69) is 49.5 Å². The molecule has 0 aliphatic heterocycles. The Kier molecular flexibility index (Phi) is 4.00. The molecule has 0 amide bonds. The van der Waals surface area contributed by atoms with Gasteiger partial charge < -0.3 is 5.32 Å². The van der Waals surface area contributed by atoms with Gasteiger partial charge in [0.25, 0.3) is 0 Å². The second kappa shape index (κ2) is 5.49. The molecule has 2 rings (SSSR count). The molecule has 88 valence electrons. The number of benzene rings is 1. The highest BCUT2D eigenvalue weighted by Gasteiger charge is 2.26. The molecule has 1 heteroatoms. The van der Waals surface area contributed by atoms with E-state index in [1.165, 1.54) is 24.8 Å². The molecule has 0 radical (unpaired) electrons. The lowest BCUT2D eigenvalue weighted by Crippen LogP contribution is -2.42. The van der Waals surface area contributed by atoms with E-state index in [-0.39, 0.29) is 0 Å². The van der Waals surface area contributed by atoms with Crippen LogP contribution in [0.2, 0.25) is 0 Å². The van der Waals surface area contributed by atoms with Gasteiger partial charge in [-0.1, -0.05) is 50.6 Å². The Labute approximate surface area is 99.3 Å². The zero-order valence-electron chi connectivity index (χ0n) is 10.4. The van der Waals surface area contributed by atoms with Gasteiger partial charge in [0.2, 0.25) is 0 Å². The predicted molar refractivity (Wildman–Crippen MR) is 69.2 cm³/mol. The lowest BCUT2D eigenvalue weighted by atomic mass is 9.78. The minimum absolute atomic E-state index is 0.703. The average molecular weight is 217 g/mol. The third kappa shape index (κ3) is 2.85. The Hall–Kier alpha value is -0.820. The number of hydrogen-bond acceptors (Lipinski definition) is 1. The molecular weight excluding hydrogens is 194 g/mol. The van der Waals surface area contributed by atoms with Crippen molar-refractivity contribution in [1.82, 2.24) is 5.32 Å². The molecule has 1 nitrogen and oxygen atoms in total. The van der Waals surface area contributed by atoms with Gasteiger partial charge in [-0.3, -0.25) is 0 Å². The van der Waals surface area contributed by atoms with Crippen LogP contribution in [-0.4, -0.2) is 6.04 Å². The molecule has 1 aromatic carbocycles. The summed E-state index contributed by atoms with van der Waals surface area (Å²) in [5.74, 6) is 1.65. The summed E-state index contributed by atoms with van der Waals surface area (Å²) in [5.41, 5.74) is 1.40. The maximum Gasteiger partial charge on any atom is 0.0208 e. The van der Waals surface area contributed by atoms with Crippen LogP contribution in [-0.2, 0) is 6.54 Å². The first kappa shape index (κ1) is 11.7. The quantitative estimate of drug-likeness (QED) is 0.815. The first-order valence-electron chi connectivity index (χ1n) is 6.54. The monoisotopic (exact) mass is 217 g/mol. The van der Waals surface area contributed by atoms with Gasteiger partial charge in [-0.2, -0.15) is 0 Å². The molecule has 2 unspecified atom stereocenters. The Morgan fingerprint density at radius 1 is 1.06 bits per heavy atom. The summed E-state index contributed by atoms with van der Waals surface area (Å²) in [5, 5.41) is 3.74. The van der Waals surface area contributed by atoms with Gasteiger partial charge in [-0.05, 0) is 30.2 Å². The molecular formula is C15H23N. The molecule has 1 aliphatic carbocycles. The lowest BCUT2D eigenvalue weighted by Gasteiger charge is -2.35. The van der Waals surface area contributed by atoms with Crippen LogP contribution < -0.4 is 5.32 Å². The van der Waals surface area contributed by atoms with E-state index in [4.69, 9.17) is 0 Å². The molecule has 0 heterocycles. The van der Waals surface area contributed by atoms with Crippen molar-refractivity contribution in [3.8, 4) is 0 Å². The second-order valence-electron chi connectivity index (χ2n) is 5.28. The summed E-state index contributed by atoms with van der Waals surface area (Å²) in [6, 6.07) is 11.4. The fraction of sp³-hybridized carbons (Fsp3) is 0.600. The first-order chi connectivity index (χ1) is 7.77. The average Bonchev–Trinajstić information content (AvgIpc) is 2.30. The maximum absolute atomic E-state index is 3.74. The van der Waals surface area contributed by atoms with E-state index in [0.717, 1.165) is 18.4 Å². The van der Waals surface area contributed by atoms with Gasteiger partial charge in [-0.15, -0.1) is 0 Å². The summed E-state index contributed by atoms with van der Waals surface area (Å²) in [6.45, 7) is 5.79. The highest BCUT2D eigenvalue weighted by Crippen LogP contribution is 2.28. The van der Waals surface area contributed by atoms with Crippen LogP contribution >= 0.6 is 0 Å². The van der Waals surface area contributed by atoms with E-state index in [1.807, 2.05) is 0 Å². The van der Waals surface area contributed by atoms with E-state index in [0.29, 0.717) is 6.04 Å². The van der Waals surface area contributed by atoms with Crippen LogP contribution in [0.3, 0.4) is 0 Å². The Morgan fingerprint density at radius 2 is 1.69 bits per heavy atom. The topological polar surface area (TPSA) is 12.0 Å². The van der Waals surface area contributed by atoms with Crippen LogP contribution in [0.4, 0.5) is 0 Å². The highest BCUT2D eigenvalue weighted by atomic mass is 14.9. The molecule has 16 heavy (non-hydrogen) atoms. The SMILES string of the molecule is CC1CCCC(C)C1NCc1ccccc1. The summed E-state index contributed by atoms with van der Waals surface area (Å²) in [7, 11) is 0. The van der Waals surface area contributed by atoms with Crippen LogP contribution in [0.1, 0.15) is 38.7 Å². The molecule has 0 saturated heterocycles. The zero-order valence-corrected chi connectivity index (χ0v) is 10.4.